The molecule has 3 rings (SSSR count). The number of rotatable bonds is 7. The molecule has 1 saturated heterocycles. The Morgan fingerprint density at radius 1 is 1.07 bits per heavy atom. The van der Waals surface area contributed by atoms with Crippen LogP contribution in [0.25, 0.3) is 0 Å². The van der Waals surface area contributed by atoms with Gasteiger partial charge in [-0.2, -0.15) is 0 Å². The molecule has 9 heteroatoms. The molecule has 1 aromatic heterocycles. The Morgan fingerprint density at radius 3 is 2.45 bits per heavy atom. The van der Waals surface area contributed by atoms with Gasteiger partial charge in [0.05, 0.1) is 12.3 Å². The van der Waals surface area contributed by atoms with Crippen LogP contribution in [-0.2, 0) is 14.1 Å². The van der Waals surface area contributed by atoms with Crippen LogP contribution in [0, 0.1) is 0 Å². The first-order valence-electron chi connectivity index (χ1n) is 9.71. The van der Waals surface area contributed by atoms with Gasteiger partial charge in [0, 0.05) is 57.8 Å². The van der Waals surface area contributed by atoms with Crippen molar-refractivity contribution < 1.29 is 4.74 Å². The fraction of sp³-hybridized carbons (Fsp3) is 0.500. The van der Waals surface area contributed by atoms with E-state index in [1.165, 1.54) is 17.7 Å². The van der Waals surface area contributed by atoms with E-state index < -0.39 is 0 Å². The number of hydrogen-bond acceptors (Lipinski definition) is 7. The standard InChI is InChI=1S/C20H29N5O3S/c1-22-18(14-19(26)23(2)20(22)27)25-10-8-24(9-11-25)7-4-12-28-17-6-5-15(29-3)13-16(17)21/h5-6,13-14H,4,7-12,21H2,1-3H3. The Bertz CT molecular complexity index is 964. The topological polar surface area (TPSA) is 85.7 Å². The van der Waals surface area contributed by atoms with E-state index in [1.807, 2.05) is 24.5 Å². The van der Waals surface area contributed by atoms with Gasteiger partial charge in [0.1, 0.15) is 11.6 Å². The molecule has 0 saturated carbocycles. The van der Waals surface area contributed by atoms with Crippen LogP contribution in [0.3, 0.4) is 0 Å². The summed E-state index contributed by atoms with van der Waals surface area (Å²) in [4.78, 5) is 29.7. The van der Waals surface area contributed by atoms with E-state index in [0.717, 1.165) is 54.4 Å². The second-order valence-corrected chi connectivity index (χ2v) is 8.06. The fourth-order valence-corrected chi connectivity index (χ4v) is 3.93. The van der Waals surface area contributed by atoms with Crippen molar-refractivity contribution in [3.63, 3.8) is 0 Å². The lowest BCUT2D eigenvalue weighted by Gasteiger charge is -2.36. The SMILES string of the molecule is CSc1ccc(OCCCN2CCN(c3cc(=O)n(C)c(=O)n3C)CC2)c(N)c1. The zero-order valence-electron chi connectivity index (χ0n) is 17.3. The van der Waals surface area contributed by atoms with Gasteiger partial charge in [-0.3, -0.25) is 18.8 Å². The monoisotopic (exact) mass is 419 g/mol. The lowest BCUT2D eigenvalue weighted by atomic mass is 10.3. The Balaban J connectivity index is 1.46. The van der Waals surface area contributed by atoms with Crippen LogP contribution in [0.5, 0.6) is 5.75 Å². The molecular weight excluding hydrogens is 390 g/mol. The van der Waals surface area contributed by atoms with Crippen LogP contribution in [0.15, 0.2) is 38.8 Å². The highest BCUT2D eigenvalue weighted by molar-refractivity contribution is 7.98. The molecule has 1 aliphatic rings. The number of hydrogen-bond donors (Lipinski definition) is 1. The van der Waals surface area contributed by atoms with Crippen LogP contribution in [0.4, 0.5) is 11.5 Å². The van der Waals surface area contributed by atoms with Crippen molar-refractivity contribution in [3.05, 3.63) is 45.1 Å². The average molecular weight is 420 g/mol. The first-order valence-corrected chi connectivity index (χ1v) is 10.9. The predicted octanol–water partition coefficient (Wildman–Crippen LogP) is 0.979. The maximum atomic E-state index is 12.1. The zero-order chi connectivity index (χ0) is 21.0. The minimum absolute atomic E-state index is 0.271. The zero-order valence-corrected chi connectivity index (χ0v) is 18.1. The molecule has 0 aliphatic carbocycles. The molecule has 0 atom stereocenters. The Hall–Kier alpha value is -2.39. The molecule has 2 N–H and O–H groups in total. The van der Waals surface area contributed by atoms with Gasteiger partial charge in [-0.15, -0.1) is 11.8 Å². The molecule has 1 aromatic carbocycles. The van der Waals surface area contributed by atoms with Crippen LogP contribution in [-0.4, -0.2) is 59.6 Å². The van der Waals surface area contributed by atoms with Gasteiger partial charge in [-0.05, 0) is 30.9 Å². The Labute approximate surface area is 174 Å². The van der Waals surface area contributed by atoms with Crippen molar-refractivity contribution >= 4 is 23.3 Å². The van der Waals surface area contributed by atoms with E-state index in [-0.39, 0.29) is 11.2 Å². The highest BCUT2D eigenvalue weighted by Gasteiger charge is 2.20. The van der Waals surface area contributed by atoms with Crippen LogP contribution < -0.4 is 26.6 Å². The first kappa shape index (κ1) is 21.3. The second-order valence-electron chi connectivity index (χ2n) is 7.18. The van der Waals surface area contributed by atoms with E-state index in [0.29, 0.717) is 18.1 Å². The van der Waals surface area contributed by atoms with Gasteiger partial charge < -0.3 is 15.4 Å². The number of aromatic nitrogens is 2. The number of nitrogens with two attached hydrogens (primary N) is 1. The number of nitrogen functional groups attached to an aromatic ring is 1. The fourth-order valence-electron chi connectivity index (χ4n) is 3.48. The van der Waals surface area contributed by atoms with Crippen molar-refractivity contribution in [1.82, 2.24) is 14.0 Å². The summed E-state index contributed by atoms with van der Waals surface area (Å²) in [5.41, 5.74) is 6.14. The molecule has 0 unspecified atom stereocenters. The maximum absolute atomic E-state index is 12.1. The number of ether oxygens (including phenoxy) is 1. The number of thioether (sulfide) groups is 1. The molecule has 1 fully saturated rings. The van der Waals surface area contributed by atoms with Gasteiger partial charge in [-0.1, -0.05) is 0 Å². The molecular formula is C20H29N5O3S. The van der Waals surface area contributed by atoms with Gasteiger partial charge in [0.25, 0.3) is 5.56 Å². The number of piperazine rings is 1. The van der Waals surface area contributed by atoms with Crippen molar-refractivity contribution in [2.45, 2.75) is 11.3 Å². The molecule has 2 heterocycles. The molecule has 2 aromatic rings. The predicted molar refractivity (Wildman–Crippen MR) is 118 cm³/mol. The van der Waals surface area contributed by atoms with E-state index in [9.17, 15) is 9.59 Å². The molecule has 1 aliphatic heterocycles. The Kier molecular flexibility index (Phi) is 6.92. The maximum Gasteiger partial charge on any atom is 0.332 e. The third-order valence-electron chi connectivity index (χ3n) is 5.29. The minimum Gasteiger partial charge on any atom is -0.491 e. The molecule has 0 radical (unpaired) electrons. The lowest BCUT2D eigenvalue weighted by Crippen LogP contribution is -2.49. The normalized spacial score (nSPS) is 14.9. The van der Waals surface area contributed by atoms with Crippen molar-refractivity contribution in [1.29, 1.82) is 0 Å². The van der Waals surface area contributed by atoms with E-state index in [2.05, 4.69) is 9.80 Å². The summed E-state index contributed by atoms with van der Waals surface area (Å²) in [5, 5.41) is 0. The molecule has 158 valence electrons. The summed E-state index contributed by atoms with van der Waals surface area (Å²) in [7, 11) is 3.21. The second kappa shape index (κ2) is 9.41. The van der Waals surface area contributed by atoms with Gasteiger partial charge >= 0.3 is 5.69 Å². The summed E-state index contributed by atoms with van der Waals surface area (Å²) in [6, 6.07) is 7.41. The quantitative estimate of drug-likeness (QED) is 0.407. The van der Waals surface area contributed by atoms with Gasteiger partial charge in [0.15, 0.2) is 0 Å². The highest BCUT2D eigenvalue weighted by atomic mass is 32.2. The number of benzene rings is 1. The van der Waals surface area contributed by atoms with Crippen LogP contribution in [0.2, 0.25) is 0 Å². The summed E-state index contributed by atoms with van der Waals surface area (Å²) in [5.74, 6) is 1.42. The highest BCUT2D eigenvalue weighted by Crippen LogP contribution is 2.26. The smallest absolute Gasteiger partial charge is 0.332 e. The van der Waals surface area contributed by atoms with Crippen LogP contribution >= 0.6 is 11.8 Å². The van der Waals surface area contributed by atoms with E-state index in [4.69, 9.17) is 10.5 Å². The molecule has 29 heavy (non-hydrogen) atoms. The molecule has 0 bridgehead atoms. The molecule has 0 amide bonds. The third-order valence-corrected chi connectivity index (χ3v) is 6.02. The minimum atomic E-state index is -0.295. The van der Waals surface area contributed by atoms with Crippen molar-refractivity contribution in [3.8, 4) is 5.75 Å². The Morgan fingerprint density at radius 2 is 1.79 bits per heavy atom. The summed E-state index contributed by atoms with van der Waals surface area (Å²) >= 11 is 1.66. The summed E-state index contributed by atoms with van der Waals surface area (Å²) in [6.07, 6.45) is 2.93. The van der Waals surface area contributed by atoms with Crippen LogP contribution in [0.1, 0.15) is 6.42 Å². The summed E-state index contributed by atoms with van der Waals surface area (Å²) in [6.45, 7) is 4.88. The molecule has 0 spiro atoms. The van der Waals surface area contributed by atoms with Crippen molar-refractivity contribution in [2.75, 3.05) is 56.2 Å². The van der Waals surface area contributed by atoms with Crippen molar-refractivity contribution in [2.24, 2.45) is 14.1 Å². The largest absolute Gasteiger partial charge is 0.491 e. The number of nitrogens with zero attached hydrogens (tertiary/aromatic N) is 4. The summed E-state index contributed by atoms with van der Waals surface area (Å²) < 4.78 is 8.49. The van der Waals surface area contributed by atoms with Gasteiger partial charge in [0.2, 0.25) is 0 Å². The average Bonchev–Trinajstić information content (AvgIpc) is 2.73. The van der Waals surface area contributed by atoms with Gasteiger partial charge in [-0.25, -0.2) is 4.79 Å². The van der Waals surface area contributed by atoms with E-state index >= 15 is 0 Å². The van der Waals surface area contributed by atoms with E-state index in [1.54, 1.807) is 18.8 Å². The number of anilines is 2. The first-order chi connectivity index (χ1) is 13.9. The lowest BCUT2D eigenvalue weighted by molar-refractivity contribution is 0.224. The molecule has 8 nitrogen and oxygen atoms in total. The third kappa shape index (κ3) is 4.97.